The van der Waals surface area contributed by atoms with Gasteiger partial charge in [-0.2, -0.15) is 0 Å². The Balaban J connectivity index is 2.17. The molecule has 1 amide bonds. The minimum atomic E-state index is -0.0669. The van der Waals surface area contributed by atoms with E-state index < -0.39 is 0 Å². The number of rotatable bonds is 1. The van der Waals surface area contributed by atoms with Crippen LogP contribution in [0.5, 0.6) is 0 Å². The molecule has 1 aromatic heterocycles. The molecule has 2 heterocycles. The van der Waals surface area contributed by atoms with Crippen LogP contribution in [0.15, 0.2) is 18.5 Å². The predicted octanol–water partition coefficient (Wildman–Crippen LogP) is 0.578. The third kappa shape index (κ3) is 1.90. The molecule has 0 spiro atoms. The zero-order valence-corrected chi connectivity index (χ0v) is 7.99. The van der Waals surface area contributed by atoms with E-state index in [1.807, 2.05) is 13.0 Å². The molecule has 0 aliphatic carbocycles. The largest absolute Gasteiger partial charge is 0.369 e. The second-order valence-electron chi connectivity index (χ2n) is 3.43. The molecule has 1 fully saturated rings. The summed E-state index contributed by atoms with van der Waals surface area (Å²) >= 11 is 0. The minimum Gasteiger partial charge on any atom is -0.369 e. The molecule has 0 bridgehead atoms. The van der Waals surface area contributed by atoms with Crippen molar-refractivity contribution in [1.29, 1.82) is 0 Å². The standard InChI is InChI=1S/C10H12N2O2/c1-7-2-8(4-11-3-7)9-5-14-6-10(13)12-9/h2-4,9H,5-6H2,1H3,(H,12,13)/t9-/m1/s1. The first-order chi connectivity index (χ1) is 6.75. The van der Waals surface area contributed by atoms with Gasteiger partial charge in [-0.05, 0) is 18.1 Å². The van der Waals surface area contributed by atoms with Gasteiger partial charge in [0.2, 0.25) is 5.91 Å². The number of nitrogens with one attached hydrogen (secondary N) is 1. The van der Waals surface area contributed by atoms with Gasteiger partial charge in [0.1, 0.15) is 6.61 Å². The van der Waals surface area contributed by atoms with Crippen LogP contribution in [-0.4, -0.2) is 24.1 Å². The topological polar surface area (TPSA) is 51.2 Å². The van der Waals surface area contributed by atoms with Gasteiger partial charge < -0.3 is 10.1 Å². The number of ether oxygens (including phenoxy) is 1. The van der Waals surface area contributed by atoms with Crippen molar-refractivity contribution in [1.82, 2.24) is 10.3 Å². The molecule has 1 N–H and O–H groups in total. The number of carbonyl (C=O) groups excluding carboxylic acids is 1. The van der Waals surface area contributed by atoms with Gasteiger partial charge in [0.25, 0.3) is 0 Å². The zero-order valence-electron chi connectivity index (χ0n) is 7.99. The van der Waals surface area contributed by atoms with Gasteiger partial charge in [-0.15, -0.1) is 0 Å². The van der Waals surface area contributed by atoms with E-state index in [-0.39, 0.29) is 18.6 Å². The first-order valence-corrected chi connectivity index (χ1v) is 4.54. The third-order valence-corrected chi connectivity index (χ3v) is 2.15. The smallest absolute Gasteiger partial charge is 0.246 e. The highest BCUT2D eigenvalue weighted by molar-refractivity contribution is 5.78. The summed E-state index contributed by atoms with van der Waals surface area (Å²) in [6, 6.07) is 1.95. The molecule has 1 saturated heterocycles. The van der Waals surface area contributed by atoms with E-state index in [2.05, 4.69) is 10.3 Å². The van der Waals surface area contributed by atoms with Crippen LogP contribution in [0.3, 0.4) is 0 Å². The number of nitrogens with zero attached hydrogens (tertiary/aromatic N) is 1. The number of amides is 1. The van der Waals surface area contributed by atoms with Gasteiger partial charge in [0.05, 0.1) is 12.6 Å². The average Bonchev–Trinajstić information content (AvgIpc) is 2.18. The first kappa shape index (κ1) is 9.15. The number of carbonyl (C=O) groups is 1. The fourth-order valence-electron chi connectivity index (χ4n) is 1.50. The van der Waals surface area contributed by atoms with Gasteiger partial charge in [0.15, 0.2) is 0 Å². The van der Waals surface area contributed by atoms with E-state index in [0.29, 0.717) is 6.61 Å². The molecule has 1 aromatic rings. The van der Waals surface area contributed by atoms with Gasteiger partial charge in [-0.1, -0.05) is 6.07 Å². The Morgan fingerprint density at radius 2 is 2.43 bits per heavy atom. The van der Waals surface area contributed by atoms with E-state index >= 15 is 0 Å². The van der Waals surface area contributed by atoms with Gasteiger partial charge in [-0.3, -0.25) is 9.78 Å². The second kappa shape index (κ2) is 3.75. The van der Waals surface area contributed by atoms with Gasteiger partial charge in [-0.25, -0.2) is 0 Å². The molecule has 1 aliphatic rings. The monoisotopic (exact) mass is 192 g/mol. The molecule has 0 aromatic carbocycles. The Morgan fingerprint density at radius 3 is 3.14 bits per heavy atom. The summed E-state index contributed by atoms with van der Waals surface area (Å²) in [4.78, 5) is 15.2. The van der Waals surface area contributed by atoms with Crippen LogP contribution in [0.25, 0.3) is 0 Å². The van der Waals surface area contributed by atoms with Crippen molar-refractivity contribution >= 4 is 5.91 Å². The summed E-state index contributed by atoms with van der Waals surface area (Å²) in [5, 5.41) is 2.86. The second-order valence-corrected chi connectivity index (χ2v) is 3.43. The number of morpholine rings is 1. The van der Waals surface area contributed by atoms with Crippen molar-refractivity contribution in [2.45, 2.75) is 13.0 Å². The zero-order chi connectivity index (χ0) is 9.97. The summed E-state index contributed by atoms with van der Waals surface area (Å²) in [5.74, 6) is -0.0669. The number of pyridine rings is 1. The molecule has 0 unspecified atom stereocenters. The van der Waals surface area contributed by atoms with Crippen LogP contribution in [0, 0.1) is 6.92 Å². The Bertz CT molecular complexity index is 352. The minimum absolute atomic E-state index is 0.0522. The normalized spacial score (nSPS) is 21.8. The Labute approximate surface area is 82.3 Å². The molecule has 74 valence electrons. The third-order valence-electron chi connectivity index (χ3n) is 2.15. The summed E-state index contributed by atoms with van der Waals surface area (Å²) in [6.07, 6.45) is 3.54. The van der Waals surface area contributed by atoms with Crippen LogP contribution in [-0.2, 0) is 9.53 Å². The van der Waals surface area contributed by atoms with E-state index in [0.717, 1.165) is 11.1 Å². The number of hydrogen-bond donors (Lipinski definition) is 1. The highest BCUT2D eigenvalue weighted by Crippen LogP contribution is 2.15. The maximum absolute atomic E-state index is 11.1. The molecular weight excluding hydrogens is 180 g/mol. The molecule has 4 heteroatoms. The predicted molar refractivity (Wildman–Crippen MR) is 50.7 cm³/mol. The van der Waals surface area contributed by atoms with Crippen molar-refractivity contribution in [3.05, 3.63) is 29.6 Å². The van der Waals surface area contributed by atoms with Crippen molar-refractivity contribution in [3.8, 4) is 0 Å². The van der Waals surface area contributed by atoms with Crippen molar-refractivity contribution < 1.29 is 9.53 Å². The van der Waals surface area contributed by atoms with E-state index in [1.165, 1.54) is 0 Å². The lowest BCUT2D eigenvalue weighted by atomic mass is 10.1. The van der Waals surface area contributed by atoms with E-state index in [1.54, 1.807) is 12.4 Å². The summed E-state index contributed by atoms with van der Waals surface area (Å²) in [6.45, 7) is 2.66. The molecule has 4 nitrogen and oxygen atoms in total. The highest BCUT2D eigenvalue weighted by atomic mass is 16.5. The first-order valence-electron chi connectivity index (χ1n) is 4.54. The number of hydrogen-bond acceptors (Lipinski definition) is 3. The lowest BCUT2D eigenvalue weighted by Gasteiger charge is -2.23. The number of aryl methyl sites for hydroxylation is 1. The molecular formula is C10H12N2O2. The molecule has 1 aliphatic heterocycles. The van der Waals surface area contributed by atoms with Gasteiger partial charge >= 0.3 is 0 Å². The quantitative estimate of drug-likeness (QED) is 0.708. The SMILES string of the molecule is Cc1cncc([C@H]2COCC(=O)N2)c1. The average molecular weight is 192 g/mol. The molecule has 2 rings (SSSR count). The molecule has 0 saturated carbocycles. The summed E-state index contributed by atoms with van der Waals surface area (Å²) < 4.78 is 5.15. The Kier molecular flexibility index (Phi) is 2.45. The Hall–Kier alpha value is -1.42. The fourth-order valence-corrected chi connectivity index (χ4v) is 1.50. The lowest BCUT2D eigenvalue weighted by Crippen LogP contribution is -2.39. The maximum Gasteiger partial charge on any atom is 0.246 e. The van der Waals surface area contributed by atoms with Crippen LogP contribution < -0.4 is 5.32 Å². The highest BCUT2D eigenvalue weighted by Gasteiger charge is 2.20. The summed E-state index contributed by atoms with van der Waals surface area (Å²) in [5.41, 5.74) is 2.08. The fraction of sp³-hybridized carbons (Fsp3) is 0.400. The lowest BCUT2D eigenvalue weighted by molar-refractivity contribution is -0.131. The maximum atomic E-state index is 11.1. The molecule has 14 heavy (non-hydrogen) atoms. The van der Waals surface area contributed by atoms with Crippen LogP contribution in [0.1, 0.15) is 17.2 Å². The molecule has 1 atom stereocenters. The summed E-state index contributed by atoms with van der Waals surface area (Å²) in [7, 11) is 0. The van der Waals surface area contributed by atoms with Crippen molar-refractivity contribution in [3.63, 3.8) is 0 Å². The number of aromatic nitrogens is 1. The molecule has 0 radical (unpaired) electrons. The van der Waals surface area contributed by atoms with Crippen molar-refractivity contribution in [2.24, 2.45) is 0 Å². The van der Waals surface area contributed by atoms with Crippen LogP contribution in [0.4, 0.5) is 0 Å². The van der Waals surface area contributed by atoms with E-state index in [4.69, 9.17) is 4.74 Å². The van der Waals surface area contributed by atoms with Crippen LogP contribution >= 0.6 is 0 Å². The van der Waals surface area contributed by atoms with Crippen molar-refractivity contribution in [2.75, 3.05) is 13.2 Å². The van der Waals surface area contributed by atoms with Crippen LogP contribution in [0.2, 0.25) is 0 Å². The van der Waals surface area contributed by atoms with Gasteiger partial charge in [0, 0.05) is 12.4 Å². The Morgan fingerprint density at radius 1 is 1.57 bits per heavy atom. The van der Waals surface area contributed by atoms with E-state index in [9.17, 15) is 4.79 Å².